The number of rotatable bonds is 2. The van der Waals surface area contributed by atoms with E-state index < -0.39 is 5.97 Å². The molecular formula is C10H12N2O2S. The number of hydrogen-bond donors (Lipinski definition) is 1. The standard InChI is InChI=1S/C10H12N2O2S/c13-10(14)8-5-11-9(12-6-8)7-1-3-15-4-2-7/h5-7H,1-4H2,(H,13,14). The third kappa shape index (κ3) is 2.47. The number of carbonyl (C=O) groups is 1. The fourth-order valence-corrected chi connectivity index (χ4v) is 2.72. The summed E-state index contributed by atoms with van der Waals surface area (Å²) >= 11 is 1.95. The molecule has 15 heavy (non-hydrogen) atoms. The predicted molar refractivity (Wildman–Crippen MR) is 58.3 cm³/mol. The van der Waals surface area contributed by atoms with Crippen molar-refractivity contribution in [2.75, 3.05) is 11.5 Å². The second-order valence-corrected chi connectivity index (χ2v) is 4.75. The molecule has 2 heterocycles. The van der Waals surface area contributed by atoms with Crippen LogP contribution in [0.2, 0.25) is 0 Å². The van der Waals surface area contributed by atoms with E-state index in [0.717, 1.165) is 30.2 Å². The smallest absolute Gasteiger partial charge is 0.338 e. The van der Waals surface area contributed by atoms with E-state index in [1.54, 1.807) is 0 Å². The van der Waals surface area contributed by atoms with Gasteiger partial charge in [-0.25, -0.2) is 14.8 Å². The van der Waals surface area contributed by atoms with Crippen LogP contribution in [-0.2, 0) is 0 Å². The Bertz CT molecular complexity index is 347. The molecule has 0 saturated carbocycles. The number of carboxylic acids is 1. The fraction of sp³-hybridized carbons (Fsp3) is 0.500. The highest BCUT2D eigenvalue weighted by atomic mass is 32.2. The van der Waals surface area contributed by atoms with E-state index >= 15 is 0 Å². The van der Waals surface area contributed by atoms with Crippen LogP contribution in [0, 0.1) is 0 Å². The zero-order chi connectivity index (χ0) is 10.7. The SMILES string of the molecule is O=C(O)c1cnc(C2CCSCC2)nc1. The van der Waals surface area contributed by atoms with Crippen molar-refractivity contribution >= 4 is 17.7 Å². The molecule has 0 atom stereocenters. The number of carboxylic acid groups (broad SMARTS) is 1. The van der Waals surface area contributed by atoms with Gasteiger partial charge in [0, 0.05) is 18.3 Å². The first-order valence-electron chi connectivity index (χ1n) is 4.90. The van der Waals surface area contributed by atoms with Gasteiger partial charge < -0.3 is 5.11 Å². The summed E-state index contributed by atoms with van der Waals surface area (Å²) in [4.78, 5) is 18.8. The summed E-state index contributed by atoms with van der Waals surface area (Å²) in [6.45, 7) is 0. The summed E-state index contributed by atoms with van der Waals surface area (Å²) in [7, 11) is 0. The lowest BCUT2D eigenvalue weighted by molar-refractivity contribution is 0.0696. The predicted octanol–water partition coefficient (Wildman–Crippen LogP) is 1.79. The van der Waals surface area contributed by atoms with Crippen LogP contribution in [0.1, 0.15) is 34.9 Å². The van der Waals surface area contributed by atoms with Gasteiger partial charge in [0.25, 0.3) is 0 Å². The molecule has 0 unspecified atom stereocenters. The van der Waals surface area contributed by atoms with Gasteiger partial charge in [0.1, 0.15) is 5.82 Å². The van der Waals surface area contributed by atoms with Crippen molar-refractivity contribution in [2.45, 2.75) is 18.8 Å². The molecule has 1 saturated heterocycles. The Morgan fingerprint density at radius 3 is 2.47 bits per heavy atom. The minimum atomic E-state index is -0.972. The molecule has 0 aliphatic carbocycles. The fourth-order valence-electron chi connectivity index (χ4n) is 1.62. The van der Waals surface area contributed by atoms with Crippen LogP contribution in [0.15, 0.2) is 12.4 Å². The Kier molecular flexibility index (Phi) is 3.20. The van der Waals surface area contributed by atoms with Gasteiger partial charge in [0.15, 0.2) is 0 Å². The van der Waals surface area contributed by atoms with Crippen LogP contribution < -0.4 is 0 Å². The van der Waals surface area contributed by atoms with Crippen molar-refractivity contribution in [1.82, 2.24) is 9.97 Å². The maximum Gasteiger partial charge on any atom is 0.338 e. The Morgan fingerprint density at radius 2 is 1.93 bits per heavy atom. The van der Waals surface area contributed by atoms with Gasteiger partial charge in [0.05, 0.1) is 5.56 Å². The average Bonchev–Trinajstić information content (AvgIpc) is 2.30. The topological polar surface area (TPSA) is 63.1 Å². The summed E-state index contributed by atoms with van der Waals surface area (Å²) < 4.78 is 0. The third-order valence-electron chi connectivity index (χ3n) is 2.51. The van der Waals surface area contributed by atoms with Gasteiger partial charge in [0.2, 0.25) is 0 Å². The van der Waals surface area contributed by atoms with Crippen molar-refractivity contribution in [1.29, 1.82) is 0 Å². The number of thioether (sulfide) groups is 1. The van der Waals surface area contributed by atoms with E-state index in [0.29, 0.717) is 5.92 Å². The van der Waals surface area contributed by atoms with Gasteiger partial charge >= 0.3 is 5.97 Å². The molecule has 1 aromatic heterocycles. The van der Waals surface area contributed by atoms with Crippen LogP contribution in [0.25, 0.3) is 0 Å². The minimum absolute atomic E-state index is 0.156. The highest BCUT2D eigenvalue weighted by Gasteiger charge is 2.18. The molecule has 5 heteroatoms. The van der Waals surface area contributed by atoms with Gasteiger partial charge in [-0.05, 0) is 24.3 Å². The van der Waals surface area contributed by atoms with Crippen molar-refractivity contribution in [3.05, 3.63) is 23.8 Å². The molecule has 1 aliphatic heterocycles. The highest BCUT2D eigenvalue weighted by Crippen LogP contribution is 2.29. The number of aromatic carboxylic acids is 1. The molecular weight excluding hydrogens is 212 g/mol. The largest absolute Gasteiger partial charge is 0.478 e. The maximum atomic E-state index is 10.6. The average molecular weight is 224 g/mol. The van der Waals surface area contributed by atoms with E-state index in [9.17, 15) is 4.79 Å². The molecule has 0 bridgehead atoms. The first kappa shape index (κ1) is 10.4. The maximum absolute atomic E-state index is 10.6. The lowest BCUT2D eigenvalue weighted by Gasteiger charge is -2.19. The van der Waals surface area contributed by atoms with Crippen molar-refractivity contribution in [3.63, 3.8) is 0 Å². The molecule has 80 valence electrons. The van der Waals surface area contributed by atoms with Gasteiger partial charge in [-0.15, -0.1) is 0 Å². The normalized spacial score (nSPS) is 17.6. The monoisotopic (exact) mass is 224 g/mol. The Labute approximate surface area is 92.1 Å². The Morgan fingerprint density at radius 1 is 1.33 bits per heavy atom. The number of hydrogen-bond acceptors (Lipinski definition) is 4. The molecule has 0 spiro atoms. The minimum Gasteiger partial charge on any atom is -0.478 e. The van der Waals surface area contributed by atoms with Crippen molar-refractivity contribution < 1.29 is 9.90 Å². The van der Waals surface area contributed by atoms with Crippen LogP contribution in [-0.4, -0.2) is 32.5 Å². The van der Waals surface area contributed by atoms with E-state index in [4.69, 9.17) is 5.11 Å². The molecule has 1 aliphatic rings. The Balaban J connectivity index is 2.11. The third-order valence-corrected chi connectivity index (χ3v) is 3.55. The molecule has 2 rings (SSSR count). The summed E-state index contributed by atoms with van der Waals surface area (Å²) in [5.74, 6) is 2.53. The van der Waals surface area contributed by atoms with Crippen molar-refractivity contribution in [3.8, 4) is 0 Å². The van der Waals surface area contributed by atoms with Crippen LogP contribution >= 0.6 is 11.8 Å². The van der Waals surface area contributed by atoms with E-state index in [-0.39, 0.29) is 5.56 Å². The van der Waals surface area contributed by atoms with Crippen LogP contribution in [0.5, 0.6) is 0 Å². The van der Waals surface area contributed by atoms with E-state index in [1.165, 1.54) is 12.4 Å². The molecule has 4 nitrogen and oxygen atoms in total. The second-order valence-electron chi connectivity index (χ2n) is 3.52. The number of aromatic nitrogens is 2. The van der Waals surface area contributed by atoms with E-state index in [2.05, 4.69) is 9.97 Å². The molecule has 0 radical (unpaired) electrons. The van der Waals surface area contributed by atoms with E-state index in [1.807, 2.05) is 11.8 Å². The van der Waals surface area contributed by atoms with Gasteiger partial charge in [-0.3, -0.25) is 0 Å². The lowest BCUT2D eigenvalue weighted by Crippen LogP contribution is -2.12. The molecule has 1 aromatic rings. The quantitative estimate of drug-likeness (QED) is 0.829. The van der Waals surface area contributed by atoms with Crippen molar-refractivity contribution in [2.24, 2.45) is 0 Å². The lowest BCUT2D eigenvalue weighted by atomic mass is 10.0. The van der Waals surface area contributed by atoms with Crippen LogP contribution in [0.3, 0.4) is 0 Å². The molecule has 0 aromatic carbocycles. The number of nitrogens with zero attached hydrogens (tertiary/aromatic N) is 2. The molecule has 1 N–H and O–H groups in total. The van der Waals surface area contributed by atoms with Gasteiger partial charge in [-0.2, -0.15) is 11.8 Å². The summed E-state index contributed by atoms with van der Waals surface area (Å²) in [5, 5.41) is 8.70. The van der Waals surface area contributed by atoms with Crippen LogP contribution in [0.4, 0.5) is 0 Å². The first-order chi connectivity index (χ1) is 7.27. The van der Waals surface area contributed by atoms with Gasteiger partial charge in [-0.1, -0.05) is 0 Å². The summed E-state index contributed by atoms with van der Waals surface area (Å²) in [5.41, 5.74) is 0.156. The second kappa shape index (κ2) is 4.61. The summed E-state index contributed by atoms with van der Waals surface area (Å²) in [6, 6.07) is 0. The zero-order valence-electron chi connectivity index (χ0n) is 8.22. The zero-order valence-corrected chi connectivity index (χ0v) is 9.04. The first-order valence-corrected chi connectivity index (χ1v) is 6.06. The molecule has 1 fully saturated rings. The Hall–Kier alpha value is -1.10. The molecule has 0 amide bonds. The highest BCUT2D eigenvalue weighted by molar-refractivity contribution is 7.99. The summed E-state index contributed by atoms with van der Waals surface area (Å²) in [6.07, 6.45) is 4.98.